The van der Waals surface area contributed by atoms with Gasteiger partial charge in [0, 0.05) is 25.4 Å². The van der Waals surface area contributed by atoms with E-state index in [1.165, 1.54) is 5.56 Å². The molecule has 3 saturated heterocycles. The van der Waals surface area contributed by atoms with Gasteiger partial charge in [0.2, 0.25) is 5.91 Å². The molecule has 3 aliphatic rings. The van der Waals surface area contributed by atoms with E-state index >= 15 is 0 Å². The molecule has 0 saturated carbocycles. The number of nitrogens with one attached hydrogen (secondary N) is 2. The maximum Gasteiger partial charge on any atom is 0.312 e. The van der Waals surface area contributed by atoms with Gasteiger partial charge in [-0.05, 0) is 63.8 Å². The van der Waals surface area contributed by atoms with Crippen LogP contribution in [0, 0.1) is 11.3 Å². The maximum absolute atomic E-state index is 12.5. The summed E-state index contributed by atoms with van der Waals surface area (Å²) in [5, 5.41) is 6.44. The number of esters is 1. The van der Waals surface area contributed by atoms with Gasteiger partial charge < -0.3 is 15.4 Å². The summed E-state index contributed by atoms with van der Waals surface area (Å²) in [6, 6.07) is 10.3. The standard InChI is InChI=1S/C23H33N3O3/c27-21(25-11-6-18-4-2-1-3-5-18)19-7-14-26(15-8-19)17-20-16-23(22(28)29-20)9-12-24-13-10-23/h1-5,19-20,24H,6-17H2,(H,25,27). The number of ether oxygens (including phenoxy) is 1. The number of carbonyl (C=O) groups is 2. The summed E-state index contributed by atoms with van der Waals surface area (Å²) in [4.78, 5) is 27.3. The van der Waals surface area contributed by atoms with E-state index in [-0.39, 0.29) is 29.3 Å². The quantitative estimate of drug-likeness (QED) is 0.713. The molecule has 1 atom stereocenters. The number of carbonyl (C=O) groups excluding carboxylic acids is 2. The van der Waals surface area contributed by atoms with E-state index in [4.69, 9.17) is 4.74 Å². The Morgan fingerprint density at radius 3 is 2.62 bits per heavy atom. The fourth-order valence-electron chi connectivity index (χ4n) is 5.04. The first-order chi connectivity index (χ1) is 14.1. The number of likely N-dealkylation sites (tertiary alicyclic amines) is 1. The van der Waals surface area contributed by atoms with Gasteiger partial charge in [-0.15, -0.1) is 0 Å². The summed E-state index contributed by atoms with van der Waals surface area (Å²) < 4.78 is 5.74. The van der Waals surface area contributed by atoms with E-state index in [0.717, 1.165) is 71.2 Å². The largest absolute Gasteiger partial charge is 0.461 e. The third kappa shape index (κ3) is 4.98. The Hall–Kier alpha value is -1.92. The summed E-state index contributed by atoms with van der Waals surface area (Å²) >= 11 is 0. The molecular formula is C23H33N3O3. The van der Waals surface area contributed by atoms with Crippen LogP contribution in [0.25, 0.3) is 0 Å². The SMILES string of the molecule is O=C(NCCc1ccccc1)C1CCN(CC2CC3(CCNCC3)C(=O)O2)CC1. The highest BCUT2D eigenvalue weighted by Crippen LogP contribution is 2.41. The number of nitrogens with zero attached hydrogens (tertiary/aromatic N) is 1. The van der Waals surface area contributed by atoms with Gasteiger partial charge in [-0.2, -0.15) is 0 Å². The first kappa shape index (κ1) is 20.4. The summed E-state index contributed by atoms with van der Waals surface area (Å²) in [5.74, 6) is 0.294. The van der Waals surface area contributed by atoms with Crippen molar-refractivity contribution in [1.29, 1.82) is 0 Å². The molecule has 3 aliphatic heterocycles. The van der Waals surface area contributed by atoms with Crippen molar-refractivity contribution < 1.29 is 14.3 Å². The van der Waals surface area contributed by atoms with Crippen LogP contribution in [-0.2, 0) is 20.7 Å². The zero-order valence-electron chi connectivity index (χ0n) is 17.2. The molecule has 1 aromatic carbocycles. The van der Waals surface area contributed by atoms with Gasteiger partial charge >= 0.3 is 5.97 Å². The van der Waals surface area contributed by atoms with E-state index in [9.17, 15) is 9.59 Å². The number of hydrogen-bond donors (Lipinski definition) is 2. The minimum Gasteiger partial charge on any atom is -0.461 e. The molecule has 158 valence electrons. The molecule has 0 bridgehead atoms. The van der Waals surface area contributed by atoms with Crippen LogP contribution >= 0.6 is 0 Å². The lowest BCUT2D eigenvalue weighted by Gasteiger charge is -2.33. The van der Waals surface area contributed by atoms with Crippen LogP contribution in [0.1, 0.15) is 37.7 Å². The lowest BCUT2D eigenvalue weighted by Crippen LogP contribution is -2.43. The third-order valence-electron chi connectivity index (χ3n) is 6.86. The fourth-order valence-corrected chi connectivity index (χ4v) is 5.04. The molecule has 0 radical (unpaired) electrons. The Balaban J connectivity index is 1.17. The number of cyclic esters (lactones) is 1. The second-order valence-corrected chi connectivity index (χ2v) is 8.86. The molecule has 29 heavy (non-hydrogen) atoms. The summed E-state index contributed by atoms with van der Waals surface area (Å²) in [7, 11) is 0. The smallest absolute Gasteiger partial charge is 0.312 e. The zero-order chi connectivity index (χ0) is 20.1. The monoisotopic (exact) mass is 399 g/mol. The van der Waals surface area contributed by atoms with Gasteiger partial charge in [-0.3, -0.25) is 14.5 Å². The van der Waals surface area contributed by atoms with E-state index in [1.54, 1.807) is 0 Å². The van der Waals surface area contributed by atoms with Gasteiger partial charge in [0.1, 0.15) is 6.10 Å². The molecule has 0 aliphatic carbocycles. The highest BCUT2D eigenvalue weighted by atomic mass is 16.6. The molecule has 6 heteroatoms. The minimum atomic E-state index is -0.243. The Morgan fingerprint density at radius 2 is 1.90 bits per heavy atom. The highest BCUT2D eigenvalue weighted by molar-refractivity contribution is 5.79. The predicted molar refractivity (Wildman–Crippen MR) is 111 cm³/mol. The predicted octanol–water partition coefficient (Wildman–Crippen LogP) is 1.74. The first-order valence-electron chi connectivity index (χ1n) is 11.1. The van der Waals surface area contributed by atoms with Gasteiger partial charge in [0.25, 0.3) is 0 Å². The normalized spacial score (nSPS) is 25.1. The van der Waals surface area contributed by atoms with Crippen molar-refractivity contribution in [3.63, 3.8) is 0 Å². The van der Waals surface area contributed by atoms with Crippen molar-refractivity contribution in [3.05, 3.63) is 35.9 Å². The second kappa shape index (κ2) is 9.26. The van der Waals surface area contributed by atoms with Gasteiger partial charge in [0.15, 0.2) is 0 Å². The lowest BCUT2D eigenvalue weighted by molar-refractivity contribution is -0.150. The fraction of sp³-hybridized carbons (Fsp3) is 0.652. The third-order valence-corrected chi connectivity index (χ3v) is 6.86. The summed E-state index contributed by atoms with van der Waals surface area (Å²) in [5.41, 5.74) is 1.01. The molecule has 0 aromatic heterocycles. The van der Waals surface area contributed by atoms with Crippen LogP contribution in [0.5, 0.6) is 0 Å². The van der Waals surface area contributed by atoms with E-state index in [2.05, 4.69) is 27.7 Å². The van der Waals surface area contributed by atoms with Crippen molar-refractivity contribution in [3.8, 4) is 0 Å². The molecule has 2 N–H and O–H groups in total. The Morgan fingerprint density at radius 1 is 1.17 bits per heavy atom. The van der Waals surface area contributed by atoms with Gasteiger partial charge in [0.05, 0.1) is 5.41 Å². The number of benzene rings is 1. The number of hydrogen-bond acceptors (Lipinski definition) is 5. The minimum absolute atomic E-state index is 0.0108. The highest BCUT2D eigenvalue weighted by Gasteiger charge is 2.49. The molecule has 3 heterocycles. The van der Waals surface area contributed by atoms with Crippen molar-refractivity contribution in [1.82, 2.24) is 15.5 Å². The van der Waals surface area contributed by atoms with Crippen LogP contribution in [-0.4, -0.2) is 62.1 Å². The van der Waals surface area contributed by atoms with Crippen molar-refractivity contribution in [2.45, 2.75) is 44.6 Å². The maximum atomic E-state index is 12.5. The second-order valence-electron chi connectivity index (χ2n) is 8.86. The molecule has 1 unspecified atom stereocenters. The number of amides is 1. The molecule has 1 amide bonds. The van der Waals surface area contributed by atoms with Crippen molar-refractivity contribution in [2.24, 2.45) is 11.3 Å². The van der Waals surface area contributed by atoms with Crippen LogP contribution in [0.4, 0.5) is 0 Å². The summed E-state index contributed by atoms with van der Waals surface area (Å²) in [6.07, 6.45) is 5.29. The first-order valence-corrected chi connectivity index (χ1v) is 11.1. The molecular weight excluding hydrogens is 366 g/mol. The lowest BCUT2D eigenvalue weighted by atomic mass is 9.76. The van der Waals surface area contributed by atoms with Crippen molar-refractivity contribution >= 4 is 11.9 Å². The van der Waals surface area contributed by atoms with Crippen LogP contribution in [0.15, 0.2) is 30.3 Å². The average molecular weight is 400 g/mol. The van der Waals surface area contributed by atoms with Crippen LogP contribution in [0.3, 0.4) is 0 Å². The van der Waals surface area contributed by atoms with E-state index in [0.29, 0.717) is 6.54 Å². The number of piperidine rings is 2. The van der Waals surface area contributed by atoms with E-state index in [1.807, 2.05) is 18.2 Å². The molecule has 3 fully saturated rings. The van der Waals surface area contributed by atoms with Crippen LogP contribution < -0.4 is 10.6 Å². The average Bonchev–Trinajstić information content (AvgIpc) is 3.03. The zero-order valence-corrected chi connectivity index (χ0v) is 17.2. The topological polar surface area (TPSA) is 70.7 Å². The molecule has 1 aromatic rings. The van der Waals surface area contributed by atoms with Gasteiger partial charge in [-0.1, -0.05) is 30.3 Å². The Labute approximate surface area is 173 Å². The molecule has 4 rings (SSSR count). The van der Waals surface area contributed by atoms with Crippen LogP contribution in [0.2, 0.25) is 0 Å². The molecule has 1 spiro atoms. The Bertz CT molecular complexity index is 695. The Kier molecular flexibility index (Phi) is 6.50. The summed E-state index contributed by atoms with van der Waals surface area (Å²) in [6.45, 7) is 5.12. The van der Waals surface area contributed by atoms with E-state index < -0.39 is 0 Å². The number of rotatable bonds is 6. The van der Waals surface area contributed by atoms with Gasteiger partial charge in [-0.25, -0.2) is 0 Å². The molecule has 6 nitrogen and oxygen atoms in total. The van der Waals surface area contributed by atoms with Crippen molar-refractivity contribution in [2.75, 3.05) is 39.3 Å².